The van der Waals surface area contributed by atoms with Gasteiger partial charge >= 0.3 is 12.2 Å². The molecule has 0 aliphatic carbocycles. The van der Waals surface area contributed by atoms with Crippen LogP contribution in [0.2, 0.25) is 0 Å². The van der Waals surface area contributed by atoms with Crippen LogP contribution in [0.5, 0.6) is 0 Å². The molecular weight excluding hydrogens is 735 g/mol. The van der Waals surface area contributed by atoms with Crippen molar-refractivity contribution in [2.75, 3.05) is 27.3 Å². The number of ether oxygens (including phenoxy) is 2. The highest BCUT2D eigenvalue weighted by molar-refractivity contribution is 6.01. The molecule has 13 nitrogen and oxygen atoms in total. The molecular formula is C45H55N7O6. The molecule has 3 aliphatic rings. The Bertz CT molecular complexity index is 2280. The van der Waals surface area contributed by atoms with Crippen molar-refractivity contribution in [1.29, 1.82) is 0 Å². The van der Waals surface area contributed by atoms with Gasteiger partial charge in [-0.05, 0) is 115 Å². The number of H-pyrrole nitrogens is 1. The van der Waals surface area contributed by atoms with Gasteiger partial charge in [-0.25, -0.2) is 14.6 Å². The number of carbonyl (C=O) groups excluding carboxylic acids is 4. The van der Waals surface area contributed by atoms with Crippen molar-refractivity contribution in [3.05, 3.63) is 71.0 Å². The number of hydrogen-bond donors (Lipinski definition) is 3. The SMILES string of the molecule is COC(=O)N[C@H](C(=O)N1CCC[C@H]1C1=Nc2ccc(-c3cc(C)c(-c4ccc5nc([C@@H]6CCCN6C(=O)[C@@H](NC(=O)OC)C(C)C)[nH]c5c4)cc3C)cc2C1)C(C)C. The van der Waals surface area contributed by atoms with Gasteiger partial charge in [-0.1, -0.05) is 52.0 Å². The van der Waals surface area contributed by atoms with Crippen molar-refractivity contribution in [3.63, 3.8) is 0 Å². The summed E-state index contributed by atoms with van der Waals surface area (Å²) < 4.78 is 9.59. The van der Waals surface area contributed by atoms with Gasteiger partial charge in [0.15, 0.2) is 0 Å². The highest BCUT2D eigenvalue weighted by Gasteiger charge is 2.40. The van der Waals surface area contributed by atoms with Gasteiger partial charge in [0, 0.05) is 25.2 Å². The number of methoxy groups -OCH3 is 2. The molecule has 13 heteroatoms. The second-order valence-corrected chi connectivity index (χ2v) is 16.6. The molecule has 7 rings (SSSR count). The summed E-state index contributed by atoms with van der Waals surface area (Å²) in [4.78, 5) is 68.7. The molecule has 4 amide bonds. The number of aromatic amines is 1. The lowest BCUT2D eigenvalue weighted by Crippen LogP contribution is -2.53. The molecule has 2 saturated heterocycles. The predicted octanol–water partition coefficient (Wildman–Crippen LogP) is 7.56. The Morgan fingerprint density at radius 3 is 1.84 bits per heavy atom. The van der Waals surface area contributed by atoms with Crippen molar-refractivity contribution in [3.8, 4) is 22.3 Å². The Hall–Kier alpha value is -5.72. The summed E-state index contributed by atoms with van der Waals surface area (Å²) in [6.45, 7) is 13.2. The summed E-state index contributed by atoms with van der Waals surface area (Å²) >= 11 is 0. The molecule has 0 unspecified atom stereocenters. The highest BCUT2D eigenvalue weighted by atomic mass is 16.5. The Labute approximate surface area is 340 Å². The van der Waals surface area contributed by atoms with Crippen molar-refractivity contribution < 1.29 is 28.7 Å². The van der Waals surface area contributed by atoms with Gasteiger partial charge in [0.2, 0.25) is 11.8 Å². The number of benzene rings is 3. The van der Waals surface area contributed by atoms with Gasteiger partial charge in [0.25, 0.3) is 0 Å². The van der Waals surface area contributed by atoms with Crippen LogP contribution in [0.1, 0.15) is 81.9 Å². The largest absolute Gasteiger partial charge is 0.453 e. The average Bonchev–Trinajstić information content (AvgIpc) is 4.03. The standard InChI is InChI=1S/C45H55N7O6/c1-24(2)39(49-44(55)57-7)42(53)51-17-9-11-37(51)36-23-30-21-28(13-15-33(30)46-36)31-19-27(6)32(20-26(31)5)29-14-16-34-35(22-29)48-41(47-34)38-12-10-18-52(38)43(54)40(25(3)4)50-45(56)58-8/h13-16,19-22,24-25,37-40H,9-12,17-18,23H2,1-8H3,(H,47,48)(H,49,55)(H,50,56)/t37-,38-,39-,40-/m0/s1. The molecule has 58 heavy (non-hydrogen) atoms. The summed E-state index contributed by atoms with van der Waals surface area (Å²) in [5.41, 5.74) is 11.6. The van der Waals surface area contributed by atoms with Gasteiger partial charge in [-0.15, -0.1) is 0 Å². The molecule has 3 aliphatic heterocycles. The van der Waals surface area contributed by atoms with Crippen LogP contribution in [0.3, 0.4) is 0 Å². The lowest BCUT2D eigenvalue weighted by Gasteiger charge is -2.30. The van der Waals surface area contributed by atoms with Crippen LogP contribution < -0.4 is 10.6 Å². The molecule has 0 saturated carbocycles. The fourth-order valence-corrected chi connectivity index (χ4v) is 8.83. The third kappa shape index (κ3) is 7.91. The van der Waals surface area contributed by atoms with Crippen molar-refractivity contribution in [2.45, 2.75) is 97.8 Å². The van der Waals surface area contributed by atoms with E-state index in [4.69, 9.17) is 19.5 Å². The molecule has 0 radical (unpaired) electrons. The maximum atomic E-state index is 13.7. The summed E-state index contributed by atoms with van der Waals surface area (Å²) in [7, 11) is 2.60. The summed E-state index contributed by atoms with van der Waals surface area (Å²) in [5, 5.41) is 5.45. The number of nitrogens with one attached hydrogen (secondary N) is 3. The number of nitrogens with zero attached hydrogens (tertiary/aromatic N) is 4. The predicted molar refractivity (Wildman–Crippen MR) is 224 cm³/mol. The maximum Gasteiger partial charge on any atom is 0.407 e. The molecule has 2 fully saturated rings. The average molecular weight is 790 g/mol. The molecule has 3 N–H and O–H groups in total. The number of alkyl carbamates (subject to hydrolysis) is 2. The van der Waals surface area contributed by atoms with E-state index in [9.17, 15) is 19.2 Å². The first-order valence-electron chi connectivity index (χ1n) is 20.4. The Morgan fingerprint density at radius 1 is 0.741 bits per heavy atom. The van der Waals surface area contributed by atoms with Crippen molar-refractivity contribution in [1.82, 2.24) is 30.4 Å². The third-order valence-corrected chi connectivity index (χ3v) is 12.0. The normalized spacial score (nSPS) is 18.7. The summed E-state index contributed by atoms with van der Waals surface area (Å²) in [5.74, 6) is 0.313. The molecule has 0 spiro atoms. The number of fused-ring (bicyclic) bond motifs is 2. The van der Waals surface area contributed by atoms with Gasteiger partial charge in [0.1, 0.15) is 17.9 Å². The fraction of sp³-hybridized carbons (Fsp3) is 0.467. The monoisotopic (exact) mass is 789 g/mol. The number of amides is 4. The molecule has 4 atom stereocenters. The van der Waals surface area contributed by atoms with E-state index in [1.165, 1.54) is 14.2 Å². The summed E-state index contributed by atoms with van der Waals surface area (Å²) in [6.07, 6.45) is 2.80. The van der Waals surface area contributed by atoms with Gasteiger partial charge in [0.05, 0.1) is 43.0 Å². The van der Waals surface area contributed by atoms with Crippen LogP contribution in [0, 0.1) is 25.7 Å². The Morgan fingerprint density at radius 2 is 1.28 bits per heavy atom. The van der Waals surface area contributed by atoms with E-state index in [-0.39, 0.29) is 35.7 Å². The van der Waals surface area contributed by atoms with Crippen molar-refractivity contribution >= 4 is 46.4 Å². The van der Waals surface area contributed by atoms with Crippen LogP contribution in [0.15, 0.2) is 53.5 Å². The van der Waals surface area contributed by atoms with Crippen molar-refractivity contribution in [2.24, 2.45) is 16.8 Å². The number of hydrogen-bond acceptors (Lipinski definition) is 8. The number of carbonyl (C=O) groups is 4. The van der Waals surface area contributed by atoms with Crippen LogP contribution >= 0.6 is 0 Å². The minimum Gasteiger partial charge on any atom is -0.453 e. The molecule has 306 valence electrons. The van der Waals surface area contributed by atoms with Gasteiger partial charge in [-0.2, -0.15) is 0 Å². The zero-order chi connectivity index (χ0) is 41.4. The highest BCUT2D eigenvalue weighted by Crippen LogP contribution is 2.39. The Kier molecular flexibility index (Phi) is 11.6. The molecule has 0 bridgehead atoms. The number of aliphatic imine (C=N–C) groups is 1. The zero-order valence-electron chi connectivity index (χ0n) is 34.8. The second-order valence-electron chi connectivity index (χ2n) is 16.6. The second kappa shape index (κ2) is 16.6. The summed E-state index contributed by atoms with van der Waals surface area (Å²) in [6, 6.07) is 15.5. The molecule has 4 aromatic rings. The van der Waals surface area contributed by atoms with E-state index in [0.29, 0.717) is 19.5 Å². The van der Waals surface area contributed by atoms with E-state index in [0.717, 1.165) is 92.9 Å². The number of likely N-dealkylation sites (tertiary alicyclic amines) is 2. The molecule has 3 aromatic carbocycles. The number of aromatic nitrogens is 2. The van der Waals surface area contributed by atoms with E-state index >= 15 is 0 Å². The minimum absolute atomic E-state index is 0.0908. The first-order valence-corrected chi connectivity index (χ1v) is 20.4. The number of aryl methyl sites for hydroxylation is 2. The number of imidazole rings is 1. The van der Waals surface area contributed by atoms with Crippen LogP contribution in [-0.4, -0.2) is 94.9 Å². The Balaban J connectivity index is 1.08. The van der Waals surface area contributed by atoms with Crippen LogP contribution in [-0.2, 0) is 25.5 Å². The van der Waals surface area contributed by atoms with E-state index in [1.54, 1.807) is 0 Å². The smallest absolute Gasteiger partial charge is 0.407 e. The first-order chi connectivity index (χ1) is 27.8. The number of rotatable bonds is 10. The van der Waals surface area contributed by atoms with Crippen LogP contribution in [0.25, 0.3) is 33.3 Å². The quantitative estimate of drug-likeness (QED) is 0.150. The van der Waals surface area contributed by atoms with Gasteiger partial charge in [-0.3, -0.25) is 14.6 Å². The lowest BCUT2D eigenvalue weighted by atomic mass is 9.90. The van der Waals surface area contributed by atoms with Crippen LogP contribution in [0.4, 0.5) is 15.3 Å². The fourth-order valence-electron chi connectivity index (χ4n) is 8.83. The molecule has 4 heterocycles. The van der Waals surface area contributed by atoms with E-state index < -0.39 is 24.3 Å². The minimum atomic E-state index is -0.692. The lowest BCUT2D eigenvalue weighted by molar-refractivity contribution is -0.135. The third-order valence-electron chi connectivity index (χ3n) is 12.0. The van der Waals surface area contributed by atoms with E-state index in [1.807, 2.05) is 43.6 Å². The van der Waals surface area contributed by atoms with E-state index in [2.05, 4.69) is 71.9 Å². The molecule has 1 aromatic heterocycles. The topological polar surface area (TPSA) is 158 Å². The maximum absolute atomic E-state index is 13.7. The van der Waals surface area contributed by atoms with Gasteiger partial charge < -0.3 is 34.9 Å². The zero-order valence-corrected chi connectivity index (χ0v) is 34.8. The first kappa shape index (κ1) is 40.5.